The Kier molecular flexibility index (Phi) is 3.51. The Morgan fingerprint density at radius 1 is 0.565 bits per heavy atom. The first kappa shape index (κ1) is 14.2. The second-order valence-electron chi connectivity index (χ2n) is 6.35. The van der Waals surface area contributed by atoms with Crippen molar-refractivity contribution in [2.24, 2.45) is 0 Å². The van der Waals surface area contributed by atoms with Gasteiger partial charge in [0.25, 0.3) is 0 Å². The third-order valence-electron chi connectivity index (χ3n) is 4.59. The van der Waals surface area contributed by atoms with Gasteiger partial charge in [0.1, 0.15) is 12.2 Å². The summed E-state index contributed by atoms with van der Waals surface area (Å²) in [5.41, 5.74) is 7.55. The second-order valence-corrected chi connectivity index (χ2v) is 6.35. The van der Waals surface area contributed by atoms with E-state index in [2.05, 4.69) is 86.6 Å². The molecular formula is C22H20O. The standard InChI is InChI=1S/C22H20O/c1-15-7-11-17(12-8-15)21-19-5-3-4-6-20(19)22(23-21)18-13-9-16(2)10-14-18/h3-14,21-22H,1-2H3. The smallest absolute Gasteiger partial charge is 0.109 e. The van der Waals surface area contributed by atoms with Gasteiger partial charge in [0.15, 0.2) is 0 Å². The van der Waals surface area contributed by atoms with Crippen molar-refractivity contribution in [3.05, 3.63) is 106 Å². The van der Waals surface area contributed by atoms with Crippen molar-refractivity contribution in [1.29, 1.82) is 0 Å². The molecule has 23 heavy (non-hydrogen) atoms. The molecule has 3 aromatic carbocycles. The van der Waals surface area contributed by atoms with Crippen molar-refractivity contribution in [1.82, 2.24) is 0 Å². The van der Waals surface area contributed by atoms with Crippen molar-refractivity contribution in [2.45, 2.75) is 26.1 Å². The molecule has 1 aliphatic heterocycles. The summed E-state index contributed by atoms with van der Waals surface area (Å²) < 4.78 is 6.48. The molecule has 1 heteroatoms. The van der Waals surface area contributed by atoms with Crippen LogP contribution in [0.5, 0.6) is 0 Å². The lowest BCUT2D eigenvalue weighted by atomic mass is 9.95. The monoisotopic (exact) mass is 300 g/mol. The molecule has 0 bridgehead atoms. The van der Waals surface area contributed by atoms with E-state index in [9.17, 15) is 0 Å². The predicted molar refractivity (Wildman–Crippen MR) is 93.6 cm³/mol. The fourth-order valence-electron chi connectivity index (χ4n) is 3.27. The summed E-state index contributed by atoms with van der Waals surface area (Å²) in [6, 6.07) is 25.9. The first-order valence-corrected chi connectivity index (χ1v) is 8.10. The summed E-state index contributed by atoms with van der Waals surface area (Å²) in [5, 5.41) is 0. The molecule has 1 heterocycles. The lowest BCUT2D eigenvalue weighted by molar-refractivity contribution is 0.0582. The van der Waals surface area contributed by atoms with Gasteiger partial charge >= 0.3 is 0 Å². The topological polar surface area (TPSA) is 9.23 Å². The van der Waals surface area contributed by atoms with Crippen molar-refractivity contribution < 1.29 is 4.74 Å². The summed E-state index contributed by atoms with van der Waals surface area (Å²) in [6.07, 6.45) is 0.0243. The van der Waals surface area contributed by atoms with Crippen molar-refractivity contribution >= 4 is 0 Å². The molecule has 0 radical (unpaired) electrons. The minimum absolute atomic E-state index is 0.0121. The molecular weight excluding hydrogens is 280 g/mol. The van der Waals surface area contributed by atoms with Gasteiger partial charge < -0.3 is 4.74 Å². The van der Waals surface area contributed by atoms with Gasteiger partial charge in [-0.25, -0.2) is 0 Å². The molecule has 2 unspecified atom stereocenters. The number of aryl methyl sites for hydroxylation is 2. The third kappa shape index (κ3) is 2.58. The van der Waals surface area contributed by atoms with Crippen LogP contribution in [0.3, 0.4) is 0 Å². The summed E-state index contributed by atoms with van der Waals surface area (Å²) in [7, 11) is 0. The van der Waals surface area contributed by atoms with Gasteiger partial charge in [-0.15, -0.1) is 0 Å². The van der Waals surface area contributed by atoms with Crippen LogP contribution >= 0.6 is 0 Å². The highest BCUT2D eigenvalue weighted by Crippen LogP contribution is 2.45. The van der Waals surface area contributed by atoms with Crippen LogP contribution in [-0.4, -0.2) is 0 Å². The SMILES string of the molecule is Cc1ccc(C2OC(c3ccc(C)cc3)c3ccccc32)cc1. The number of hydrogen-bond acceptors (Lipinski definition) is 1. The normalized spacial score (nSPS) is 19.6. The molecule has 0 N–H and O–H groups in total. The van der Waals surface area contributed by atoms with E-state index < -0.39 is 0 Å². The maximum absolute atomic E-state index is 6.48. The van der Waals surface area contributed by atoms with Crippen LogP contribution in [0.25, 0.3) is 0 Å². The van der Waals surface area contributed by atoms with Gasteiger partial charge in [0.05, 0.1) is 0 Å². The number of hydrogen-bond donors (Lipinski definition) is 0. The zero-order chi connectivity index (χ0) is 15.8. The highest BCUT2D eigenvalue weighted by atomic mass is 16.5. The predicted octanol–water partition coefficient (Wildman–Crippen LogP) is 5.51. The molecule has 0 amide bonds. The molecule has 0 fully saturated rings. The lowest BCUT2D eigenvalue weighted by Gasteiger charge is -2.15. The first-order chi connectivity index (χ1) is 11.2. The van der Waals surface area contributed by atoms with Gasteiger partial charge in [-0.2, -0.15) is 0 Å². The molecule has 3 aromatic rings. The second kappa shape index (κ2) is 5.68. The van der Waals surface area contributed by atoms with Crippen LogP contribution in [0.15, 0.2) is 72.8 Å². The molecule has 1 aliphatic rings. The van der Waals surface area contributed by atoms with Gasteiger partial charge in [-0.1, -0.05) is 83.9 Å². The Bertz CT molecular complexity index is 745. The fourth-order valence-corrected chi connectivity index (χ4v) is 3.27. The van der Waals surface area contributed by atoms with Crippen molar-refractivity contribution in [3.8, 4) is 0 Å². The maximum Gasteiger partial charge on any atom is 0.109 e. The van der Waals surface area contributed by atoms with Crippen LogP contribution < -0.4 is 0 Å². The van der Waals surface area contributed by atoms with Crippen LogP contribution in [0.4, 0.5) is 0 Å². The Labute approximate surface area is 137 Å². The van der Waals surface area contributed by atoms with Crippen LogP contribution in [0.1, 0.15) is 45.6 Å². The summed E-state index contributed by atoms with van der Waals surface area (Å²) >= 11 is 0. The average Bonchev–Trinajstić information content (AvgIpc) is 2.96. The lowest BCUT2D eigenvalue weighted by Crippen LogP contribution is -2.02. The Balaban J connectivity index is 1.77. The summed E-state index contributed by atoms with van der Waals surface area (Å²) in [4.78, 5) is 0. The number of rotatable bonds is 2. The van der Waals surface area contributed by atoms with E-state index in [0.29, 0.717) is 0 Å². The van der Waals surface area contributed by atoms with Crippen molar-refractivity contribution in [2.75, 3.05) is 0 Å². The van der Waals surface area contributed by atoms with E-state index in [4.69, 9.17) is 4.74 Å². The number of benzene rings is 3. The van der Waals surface area contributed by atoms with Gasteiger partial charge in [-0.3, -0.25) is 0 Å². The summed E-state index contributed by atoms with van der Waals surface area (Å²) in [6.45, 7) is 4.23. The molecule has 0 spiro atoms. The first-order valence-electron chi connectivity index (χ1n) is 8.10. The highest BCUT2D eigenvalue weighted by Gasteiger charge is 2.33. The van der Waals surface area contributed by atoms with E-state index in [1.807, 2.05) is 0 Å². The average molecular weight is 300 g/mol. The summed E-state index contributed by atoms with van der Waals surface area (Å²) in [5.74, 6) is 0. The van der Waals surface area contributed by atoms with E-state index in [-0.39, 0.29) is 12.2 Å². The fraction of sp³-hybridized carbons (Fsp3) is 0.182. The van der Waals surface area contributed by atoms with Crippen LogP contribution in [0.2, 0.25) is 0 Å². The largest absolute Gasteiger partial charge is 0.356 e. The van der Waals surface area contributed by atoms with Crippen molar-refractivity contribution in [3.63, 3.8) is 0 Å². The third-order valence-corrected chi connectivity index (χ3v) is 4.59. The molecule has 0 aliphatic carbocycles. The Morgan fingerprint density at radius 2 is 0.957 bits per heavy atom. The van der Waals surface area contributed by atoms with E-state index >= 15 is 0 Å². The minimum atomic E-state index is 0.0121. The van der Waals surface area contributed by atoms with E-state index in [1.54, 1.807) is 0 Å². The molecule has 0 aromatic heterocycles. The Morgan fingerprint density at radius 3 is 1.35 bits per heavy atom. The molecule has 0 saturated carbocycles. The van der Waals surface area contributed by atoms with Gasteiger partial charge in [0.2, 0.25) is 0 Å². The molecule has 0 saturated heterocycles. The van der Waals surface area contributed by atoms with E-state index in [0.717, 1.165) is 0 Å². The number of ether oxygens (including phenoxy) is 1. The Hall–Kier alpha value is -2.38. The van der Waals surface area contributed by atoms with E-state index in [1.165, 1.54) is 33.4 Å². The van der Waals surface area contributed by atoms with Crippen LogP contribution in [0, 0.1) is 13.8 Å². The molecule has 4 rings (SSSR count). The van der Waals surface area contributed by atoms with Gasteiger partial charge in [-0.05, 0) is 36.1 Å². The number of fused-ring (bicyclic) bond motifs is 1. The quantitative estimate of drug-likeness (QED) is 0.606. The van der Waals surface area contributed by atoms with Gasteiger partial charge in [0, 0.05) is 0 Å². The zero-order valence-corrected chi connectivity index (χ0v) is 13.5. The molecule has 1 nitrogen and oxygen atoms in total. The molecule has 114 valence electrons. The zero-order valence-electron chi connectivity index (χ0n) is 13.5. The minimum Gasteiger partial charge on any atom is -0.356 e. The maximum atomic E-state index is 6.48. The highest BCUT2D eigenvalue weighted by molar-refractivity contribution is 5.45. The molecule has 2 atom stereocenters. The van der Waals surface area contributed by atoms with Crippen LogP contribution in [-0.2, 0) is 4.74 Å².